The summed E-state index contributed by atoms with van der Waals surface area (Å²) in [6.07, 6.45) is 0.964. The van der Waals surface area contributed by atoms with Gasteiger partial charge in [-0.15, -0.1) is 0 Å². The van der Waals surface area contributed by atoms with Crippen molar-refractivity contribution in [2.24, 2.45) is 0 Å². The summed E-state index contributed by atoms with van der Waals surface area (Å²) >= 11 is 12.0. The second kappa shape index (κ2) is 6.24. The Balaban J connectivity index is 1.98. The van der Waals surface area contributed by atoms with Gasteiger partial charge in [-0.25, -0.2) is 0 Å². The number of carbonyl (C=O) groups is 2. The van der Waals surface area contributed by atoms with Gasteiger partial charge in [-0.05, 0) is 24.1 Å². The first kappa shape index (κ1) is 16.1. The van der Waals surface area contributed by atoms with Crippen LogP contribution in [0.1, 0.15) is 32.3 Å². The molecule has 2 N–H and O–H groups in total. The first-order valence-electron chi connectivity index (χ1n) is 6.82. The fourth-order valence-electron chi connectivity index (χ4n) is 2.26. The summed E-state index contributed by atoms with van der Waals surface area (Å²) in [6, 6.07) is 5.05. The molecule has 0 aromatic heterocycles. The van der Waals surface area contributed by atoms with Gasteiger partial charge in [0.15, 0.2) is 0 Å². The number of benzene rings is 1. The van der Waals surface area contributed by atoms with Crippen molar-refractivity contribution in [2.75, 3.05) is 6.54 Å². The molecular weight excluding hydrogens is 311 g/mol. The Morgan fingerprint density at radius 3 is 2.67 bits per heavy atom. The lowest BCUT2D eigenvalue weighted by atomic mass is 9.84. The molecule has 4 nitrogen and oxygen atoms in total. The third-order valence-corrected chi connectivity index (χ3v) is 4.46. The van der Waals surface area contributed by atoms with E-state index in [9.17, 15) is 9.59 Å². The number of rotatable bonds is 4. The normalized spacial score (nSPS) is 18.5. The fourth-order valence-corrected chi connectivity index (χ4v) is 2.56. The number of nitrogens with one attached hydrogen (secondary N) is 2. The van der Waals surface area contributed by atoms with Crippen LogP contribution < -0.4 is 10.6 Å². The summed E-state index contributed by atoms with van der Waals surface area (Å²) in [4.78, 5) is 23.1. The Morgan fingerprint density at radius 1 is 1.38 bits per heavy atom. The topological polar surface area (TPSA) is 58.2 Å². The molecule has 0 spiro atoms. The van der Waals surface area contributed by atoms with Crippen LogP contribution in [0.5, 0.6) is 0 Å². The summed E-state index contributed by atoms with van der Waals surface area (Å²) in [5, 5.41) is 6.55. The molecule has 0 saturated carbocycles. The zero-order valence-electron chi connectivity index (χ0n) is 12.0. The minimum Gasteiger partial charge on any atom is -0.353 e. The molecule has 1 heterocycles. The van der Waals surface area contributed by atoms with Crippen LogP contribution in [0.2, 0.25) is 10.0 Å². The van der Waals surface area contributed by atoms with E-state index in [0.717, 1.165) is 5.56 Å². The maximum Gasteiger partial charge on any atom is 0.242 e. The zero-order chi connectivity index (χ0) is 15.6. The highest BCUT2D eigenvalue weighted by atomic mass is 35.5. The maximum absolute atomic E-state index is 12.0. The third kappa shape index (κ3) is 3.89. The second-order valence-corrected chi connectivity index (χ2v) is 6.70. The first-order chi connectivity index (χ1) is 9.79. The van der Waals surface area contributed by atoms with Gasteiger partial charge in [0.1, 0.15) is 6.04 Å². The second-order valence-electron chi connectivity index (χ2n) is 5.89. The Bertz CT molecular complexity index is 573. The fraction of sp³-hybridized carbons (Fsp3) is 0.467. The highest BCUT2D eigenvalue weighted by molar-refractivity contribution is 6.42. The summed E-state index contributed by atoms with van der Waals surface area (Å²) in [5.41, 5.74) is 0.708. The molecule has 6 heteroatoms. The average Bonchev–Trinajstić information content (AvgIpc) is 2.86. The number of hydrogen-bond acceptors (Lipinski definition) is 2. The first-order valence-corrected chi connectivity index (χ1v) is 7.58. The van der Waals surface area contributed by atoms with Crippen LogP contribution in [0.3, 0.4) is 0 Å². The van der Waals surface area contributed by atoms with Crippen molar-refractivity contribution < 1.29 is 9.59 Å². The van der Waals surface area contributed by atoms with Gasteiger partial charge in [0, 0.05) is 18.4 Å². The molecule has 0 radical (unpaired) electrons. The lowest BCUT2D eigenvalue weighted by Crippen LogP contribution is -2.45. The largest absolute Gasteiger partial charge is 0.353 e. The molecule has 1 aromatic carbocycles. The van der Waals surface area contributed by atoms with Gasteiger partial charge in [0.25, 0.3) is 0 Å². The lowest BCUT2D eigenvalue weighted by molar-refractivity contribution is -0.125. The molecule has 1 fully saturated rings. The quantitative estimate of drug-likeness (QED) is 0.892. The van der Waals surface area contributed by atoms with Crippen molar-refractivity contribution in [3.05, 3.63) is 33.8 Å². The minimum absolute atomic E-state index is 0.0705. The Kier molecular flexibility index (Phi) is 4.79. The van der Waals surface area contributed by atoms with Crippen molar-refractivity contribution in [1.82, 2.24) is 10.6 Å². The van der Waals surface area contributed by atoms with Gasteiger partial charge in [-0.2, -0.15) is 0 Å². The molecule has 1 atom stereocenters. The molecule has 21 heavy (non-hydrogen) atoms. The number of hydrogen-bond donors (Lipinski definition) is 2. The van der Waals surface area contributed by atoms with Crippen LogP contribution in [-0.4, -0.2) is 24.4 Å². The predicted octanol–water partition coefficient (Wildman–Crippen LogP) is 2.67. The Morgan fingerprint density at radius 2 is 2.10 bits per heavy atom. The molecule has 1 aliphatic rings. The SMILES string of the molecule is CC(C)(CNC(=O)[C@@H]1CCC(=O)N1)c1ccc(Cl)c(Cl)c1. The monoisotopic (exact) mass is 328 g/mol. The van der Waals surface area contributed by atoms with E-state index in [0.29, 0.717) is 29.4 Å². The van der Waals surface area contributed by atoms with Gasteiger partial charge in [-0.3, -0.25) is 9.59 Å². The average molecular weight is 329 g/mol. The van der Waals surface area contributed by atoms with Crippen molar-refractivity contribution in [3.63, 3.8) is 0 Å². The van der Waals surface area contributed by atoms with E-state index in [4.69, 9.17) is 23.2 Å². The molecule has 2 rings (SSSR count). The molecule has 1 aliphatic heterocycles. The lowest BCUT2D eigenvalue weighted by Gasteiger charge is -2.26. The van der Waals surface area contributed by atoms with Crippen LogP contribution in [0.25, 0.3) is 0 Å². The molecule has 2 amide bonds. The van der Waals surface area contributed by atoms with E-state index in [-0.39, 0.29) is 17.2 Å². The summed E-state index contributed by atoms with van der Waals surface area (Å²) in [5.74, 6) is -0.215. The highest BCUT2D eigenvalue weighted by Crippen LogP contribution is 2.29. The molecule has 1 saturated heterocycles. The van der Waals surface area contributed by atoms with E-state index in [1.54, 1.807) is 6.07 Å². The van der Waals surface area contributed by atoms with Gasteiger partial charge in [0.05, 0.1) is 10.0 Å². The van der Waals surface area contributed by atoms with E-state index in [1.165, 1.54) is 0 Å². The van der Waals surface area contributed by atoms with Crippen LogP contribution in [0.15, 0.2) is 18.2 Å². The molecule has 1 aromatic rings. The van der Waals surface area contributed by atoms with Crippen LogP contribution in [-0.2, 0) is 15.0 Å². The summed E-state index contributed by atoms with van der Waals surface area (Å²) in [6.45, 7) is 4.48. The van der Waals surface area contributed by atoms with Crippen LogP contribution in [0.4, 0.5) is 0 Å². The Labute approximate surface area is 134 Å². The van der Waals surface area contributed by atoms with Crippen molar-refractivity contribution in [1.29, 1.82) is 0 Å². The minimum atomic E-state index is -0.415. The number of halogens is 2. The van der Waals surface area contributed by atoms with Crippen LogP contribution in [0, 0.1) is 0 Å². The smallest absolute Gasteiger partial charge is 0.242 e. The van der Waals surface area contributed by atoms with Gasteiger partial charge in [-0.1, -0.05) is 43.1 Å². The van der Waals surface area contributed by atoms with Crippen molar-refractivity contribution in [3.8, 4) is 0 Å². The maximum atomic E-state index is 12.0. The van der Waals surface area contributed by atoms with E-state index in [2.05, 4.69) is 10.6 Å². The molecule has 0 bridgehead atoms. The van der Waals surface area contributed by atoms with Crippen molar-refractivity contribution >= 4 is 35.0 Å². The van der Waals surface area contributed by atoms with Crippen LogP contribution >= 0.6 is 23.2 Å². The summed E-state index contributed by atoms with van der Waals surface area (Å²) < 4.78 is 0. The highest BCUT2D eigenvalue weighted by Gasteiger charge is 2.29. The van der Waals surface area contributed by atoms with E-state index >= 15 is 0 Å². The van der Waals surface area contributed by atoms with E-state index in [1.807, 2.05) is 26.0 Å². The molecule has 0 aliphatic carbocycles. The number of carbonyl (C=O) groups excluding carboxylic acids is 2. The van der Waals surface area contributed by atoms with Gasteiger partial charge in [0.2, 0.25) is 11.8 Å². The van der Waals surface area contributed by atoms with Crippen molar-refractivity contribution in [2.45, 2.75) is 38.1 Å². The van der Waals surface area contributed by atoms with Gasteiger partial charge < -0.3 is 10.6 Å². The third-order valence-electron chi connectivity index (χ3n) is 3.72. The van der Waals surface area contributed by atoms with Gasteiger partial charge >= 0.3 is 0 Å². The number of amides is 2. The Hall–Kier alpha value is -1.26. The molecule has 0 unspecified atom stereocenters. The standard InChI is InChI=1S/C15H18Cl2N2O2/c1-15(2,9-3-4-10(16)11(17)7-9)8-18-14(21)12-5-6-13(20)19-12/h3-4,7,12H,5-6,8H2,1-2H3,(H,18,21)(H,19,20)/t12-/m0/s1. The summed E-state index contributed by atoms with van der Waals surface area (Å²) in [7, 11) is 0. The zero-order valence-corrected chi connectivity index (χ0v) is 13.5. The predicted molar refractivity (Wildman–Crippen MR) is 83.7 cm³/mol. The van der Waals surface area contributed by atoms with E-state index < -0.39 is 6.04 Å². The molecular formula is C15H18Cl2N2O2. The molecule has 114 valence electrons.